The van der Waals surface area contributed by atoms with Gasteiger partial charge in [-0.15, -0.1) is 0 Å². The smallest absolute Gasteiger partial charge is 0.175 e. The van der Waals surface area contributed by atoms with Crippen LogP contribution >= 0.6 is 15.9 Å². The minimum absolute atomic E-state index is 0.481. The quantitative estimate of drug-likeness (QED) is 0.820. The molecule has 1 aromatic carbocycles. The Balaban J connectivity index is 3.24. The first kappa shape index (κ1) is 14.3. The first-order valence-corrected chi connectivity index (χ1v) is 6.22. The second kappa shape index (κ2) is 6.83. The van der Waals surface area contributed by atoms with Crippen LogP contribution in [0.15, 0.2) is 10.5 Å². The molecule has 2 N–H and O–H groups in total. The minimum Gasteiger partial charge on any atom is -0.493 e. The molecule has 0 radical (unpaired) electrons. The van der Waals surface area contributed by atoms with E-state index in [0.29, 0.717) is 12.4 Å². The van der Waals surface area contributed by atoms with Crippen molar-refractivity contribution in [1.29, 1.82) is 0 Å². The maximum Gasteiger partial charge on any atom is 0.175 e. The van der Waals surface area contributed by atoms with Crippen LogP contribution < -0.4 is 15.4 Å². The van der Waals surface area contributed by atoms with Crippen molar-refractivity contribution in [1.82, 2.24) is 0 Å². The summed E-state index contributed by atoms with van der Waals surface area (Å²) in [5, 5.41) is 0. The van der Waals surface area contributed by atoms with E-state index in [-0.39, 0.29) is 0 Å². The highest BCUT2D eigenvalue weighted by molar-refractivity contribution is 9.10. The van der Waals surface area contributed by atoms with E-state index in [2.05, 4.69) is 27.7 Å². The second-order valence-electron chi connectivity index (χ2n) is 3.54. The Hall–Kier alpha value is -0.780. The Morgan fingerprint density at radius 2 is 2.00 bits per heavy atom. The van der Waals surface area contributed by atoms with Crippen LogP contribution in [0.5, 0.6) is 11.5 Å². The molecule has 0 saturated heterocycles. The average molecular weight is 304 g/mol. The number of benzene rings is 1. The van der Waals surface area contributed by atoms with Gasteiger partial charge in [0.05, 0.1) is 25.3 Å². The van der Waals surface area contributed by atoms with E-state index in [1.807, 2.05) is 6.07 Å². The molecule has 0 aliphatic carbocycles. The summed E-state index contributed by atoms with van der Waals surface area (Å²) in [4.78, 5) is 4.63. The fourth-order valence-corrected chi connectivity index (χ4v) is 2.71. The Bertz CT molecular complexity index is 383. The van der Waals surface area contributed by atoms with Gasteiger partial charge in [-0.05, 0) is 46.0 Å². The average Bonchev–Trinajstić information content (AvgIpc) is 2.35. The van der Waals surface area contributed by atoms with Gasteiger partial charge < -0.3 is 14.3 Å². The molecule has 0 spiro atoms. The van der Waals surface area contributed by atoms with Crippen molar-refractivity contribution in [2.45, 2.75) is 19.8 Å². The molecule has 0 amide bonds. The van der Waals surface area contributed by atoms with Gasteiger partial charge in [-0.3, -0.25) is 0 Å². The van der Waals surface area contributed by atoms with Crippen LogP contribution in [0.1, 0.15) is 18.1 Å². The predicted octanol–water partition coefficient (Wildman–Crippen LogP) is 2.46. The van der Waals surface area contributed by atoms with Crippen LogP contribution in [0.2, 0.25) is 0 Å². The lowest BCUT2D eigenvalue weighted by atomic mass is 10.0. The van der Waals surface area contributed by atoms with Crippen molar-refractivity contribution in [2.75, 3.05) is 20.8 Å². The van der Waals surface area contributed by atoms with Gasteiger partial charge in [0.1, 0.15) is 0 Å². The van der Waals surface area contributed by atoms with E-state index in [9.17, 15) is 0 Å². The standard InChI is InChI=1S/C12H18BrNO3/c1-4-9-8(5-6-17-14)7-10(15-2)12(16-3)11(9)13/h7H,4-6,14H2,1-3H3. The lowest BCUT2D eigenvalue weighted by molar-refractivity contribution is 0.141. The van der Waals surface area contributed by atoms with Crippen molar-refractivity contribution in [3.8, 4) is 11.5 Å². The zero-order valence-electron chi connectivity index (χ0n) is 10.4. The van der Waals surface area contributed by atoms with E-state index in [4.69, 9.17) is 15.4 Å². The fraction of sp³-hybridized carbons (Fsp3) is 0.500. The lowest BCUT2D eigenvalue weighted by Crippen LogP contribution is -2.07. The molecule has 5 heteroatoms. The summed E-state index contributed by atoms with van der Waals surface area (Å²) in [5.74, 6) is 6.50. The predicted molar refractivity (Wildman–Crippen MR) is 70.5 cm³/mol. The number of methoxy groups -OCH3 is 2. The number of hydrogen-bond donors (Lipinski definition) is 1. The second-order valence-corrected chi connectivity index (χ2v) is 4.33. The lowest BCUT2D eigenvalue weighted by Gasteiger charge is -2.16. The van der Waals surface area contributed by atoms with E-state index >= 15 is 0 Å². The fourth-order valence-electron chi connectivity index (χ4n) is 1.81. The molecule has 96 valence electrons. The summed E-state index contributed by atoms with van der Waals surface area (Å²) in [7, 11) is 3.25. The number of rotatable bonds is 6. The van der Waals surface area contributed by atoms with E-state index in [1.54, 1.807) is 14.2 Å². The third-order valence-electron chi connectivity index (χ3n) is 2.65. The zero-order valence-corrected chi connectivity index (χ0v) is 12.0. The molecule has 17 heavy (non-hydrogen) atoms. The van der Waals surface area contributed by atoms with Gasteiger partial charge >= 0.3 is 0 Å². The summed E-state index contributed by atoms with van der Waals surface area (Å²) in [6.45, 7) is 2.58. The molecule has 0 saturated carbocycles. The minimum atomic E-state index is 0.481. The Labute approximate surface area is 110 Å². The van der Waals surface area contributed by atoms with Crippen LogP contribution in [0.4, 0.5) is 0 Å². The van der Waals surface area contributed by atoms with Crippen molar-refractivity contribution < 1.29 is 14.3 Å². The van der Waals surface area contributed by atoms with E-state index in [1.165, 1.54) is 5.56 Å². The first-order valence-electron chi connectivity index (χ1n) is 5.43. The molecule has 0 aromatic heterocycles. The number of ether oxygens (including phenoxy) is 2. The summed E-state index contributed by atoms with van der Waals surface area (Å²) in [6.07, 6.45) is 1.65. The highest BCUT2D eigenvalue weighted by Crippen LogP contribution is 2.40. The monoisotopic (exact) mass is 303 g/mol. The molecular weight excluding hydrogens is 286 g/mol. The van der Waals surface area contributed by atoms with Gasteiger partial charge in [0.15, 0.2) is 11.5 Å². The van der Waals surface area contributed by atoms with Crippen LogP contribution in [0.3, 0.4) is 0 Å². The number of halogens is 1. The molecule has 4 nitrogen and oxygen atoms in total. The molecule has 0 fully saturated rings. The van der Waals surface area contributed by atoms with Crippen molar-refractivity contribution >= 4 is 15.9 Å². The normalized spacial score (nSPS) is 10.4. The van der Waals surface area contributed by atoms with Crippen LogP contribution in [0.25, 0.3) is 0 Å². The molecule has 0 atom stereocenters. The highest BCUT2D eigenvalue weighted by Gasteiger charge is 2.16. The molecule has 1 rings (SSSR count). The first-order chi connectivity index (χ1) is 8.19. The molecular formula is C12H18BrNO3. The van der Waals surface area contributed by atoms with E-state index < -0.39 is 0 Å². The van der Waals surface area contributed by atoms with E-state index in [0.717, 1.165) is 28.6 Å². The molecule has 1 aromatic rings. The van der Waals surface area contributed by atoms with Crippen molar-refractivity contribution in [3.05, 3.63) is 21.7 Å². The van der Waals surface area contributed by atoms with Gasteiger partial charge in [-0.1, -0.05) is 6.92 Å². The van der Waals surface area contributed by atoms with Gasteiger partial charge in [0.25, 0.3) is 0 Å². The van der Waals surface area contributed by atoms with Gasteiger partial charge in [0.2, 0.25) is 0 Å². The summed E-state index contributed by atoms with van der Waals surface area (Å²) in [6, 6.07) is 1.97. The molecule has 0 bridgehead atoms. The highest BCUT2D eigenvalue weighted by atomic mass is 79.9. The third-order valence-corrected chi connectivity index (χ3v) is 3.49. The summed E-state index contributed by atoms with van der Waals surface area (Å²) < 4.78 is 11.6. The SMILES string of the molecule is CCc1c(CCON)cc(OC)c(OC)c1Br. The van der Waals surface area contributed by atoms with Crippen LogP contribution in [0, 0.1) is 0 Å². The van der Waals surface area contributed by atoms with Gasteiger partial charge in [0, 0.05) is 0 Å². The molecule has 0 heterocycles. The molecule has 0 aliphatic heterocycles. The third kappa shape index (κ3) is 3.12. The van der Waals surface area contributed by atoms with Crippen molar-refractivity contribution in [3.63, 3.8) is 0 Å². The molecule has 0 aliphatic rings. The van der Waals surface area contributed by atoms with Gasteiger partial charge in [-0.25, -0.2) is 5.90 Å². The van der Waals surface area contributed by atoms with Gasteiger partial charge in [-0.2, -0.15) is 0 Å². The maximum absolute atomic E-state index is 5.34. The number of nitrogens with two attached hydrogens (primary N) is 1. The Kier molecular flexibility index (Phi) is 5.74. The summed E-state index contributed by atoms with van der Waals surface area (Å²) in [5.41, 5.74) is 2.35. The maximum atomic E-state index is 5.34. The topological polar surface area (TPSA) is 53.7 Å². The zero-order chi connectivity index (χ0) is 12.8. The molecule has 0 unspecified atom stereocenters. The summed E-state index contributed by atoms with van der Waals surface area (Å²) >= 11 is 3.56. The largest absolute Gasteiger partial charge is 0.493 e. The van der Waals surface area contributed by atoms with Crippen molar-refractivity contribution in [2.24, 2.45) is 5.90 Å². The Morgan fingerprint density at radius 3 is 2.47 bits per heavy atom. The Morgan fingerprint density at radius 1 is 1.29 bits per heavy atom. The van der Waals surface area contributed by atoms with Crippen LogP contribution in [-0.4, -0.2) is 20.8 Å². The van der Waals surface area contributed by atoms with Crippen LogP contribution in [-0.2, 0) is 17.7 Å². The number of hydrogen-bond acceptors (Lipinski definition) is 4.